The van der Waals surface area contributed by atoms with Crippen LogP contribution in [0.4, 0.5) is 10.5 Å². The van der Waals surface area contributed by atoms with E-state index in [9.17, 15) is 4.79 Å². The Morgan fingerprint density at radius 2 is 2.31 bits per heavy atom. The standard InChI is InChI=1S/C17H23N5O4/c1-12-19-16(26-21-12)13-4-3-7-22(11-13)17(23)20-14-5-6-15(18-10-14)25-9-8-24-2/h5-6,10,13H,3-4,7-9,11H2,1-2H3,(H,20,23). The van der Waals surface area contributed by atoms with E-state index in [1.807, 2.05) is 0 Å². The van der Waals surface area contributed by atoms with Gasteiger partial charge in [0, 0.05) is 26.3 Å². The highest BCUT2D eigenvalue weighted by atomic mass is 16.5. The Bertz CT molecular complexity index is 718. The number of likely N-dealkylation sites (tertiary alicyclic amines) is 1. The largest absolute Gasteiger partial charge is 0.475 e. The number of anilines is 1. The van der Waals surface area contributed by atoms with Crippen LogP contribution in [0.25, 0.3) is 0 Å². The number of aryl methyl sites for hydroxylation is 1. The molecule has 0 aromatic carbocycles. The van der Waals surface area contributed by atoms with Crippen molar-refractivity contribution in [3.8, 4) is 5.88 Å². The number of nitrogens with zero attached hydrogens (tertiary/aromatic N) is 4. The van der Waals surface area contributed by atoms with Gasteiger partial charge in [0.15, 0.2) is 5.82 Å². The van der Waals surface area contributed by atoms with E-state index in [4.69, 9.17) is 14.0 Å². The minimum Gasteiger partial charge on any atom is -0.475 e. The molecule has 9 heteroatoms. The molecule has 140 valence electrons. The summed E-state index contributed by atoms with van der Waals surface area (Å²) >= 11 is 0. The van der Waals surface area contributed by atoms with Crippen LogP contribution in [-0.2, 0) is 4.74 Å². The van der Waals surface area contributed by atoms with Crippen LogP contribution in [0, 0.1) is 6.92 Å². The Labute approximate surface area is 151 Å². The second-order valence-corrected chi connectivity index (χ2v) is 6.12. The number of methoxy groups -OCH3 is 1. The highest BCUT2D eigenvalue weighted by molar-refractivity contribution is 5.89. The molecule has 2 amide bonds. The Hall–Kier alpha value is -2.68. The monoisotopic (exact) mass is 361 g/mol. The smallest absolute Gasteiger partial charge is 0.321 e. The first-order valence-electron chi connectivity index (χ1n) is 8.59. The average Bonchev–Trinajstić information content (AvgIpc) is 3.10. The maximum atomic E-state index is 12.5. The third-order valence-electron chi connectivity index (χ3n) is 4.13. The van der Waals surface area contributed by atoms with Crippen LogP contribution in [0.2, 0.25) is 0 Å². The van der Waals surface area contributed by atoms with Gasteiger partial charge in [-0.05, 0) is 25.8 Å². The predicted molar refractivity (Wildman–Crippen MR) is 93.2 cm³/mol. The van der Waals surface area contributed by atoms with E-state index in [2.05, 4.69) is 20.4 Å². The summed E-state index contributed by atoms with van der Waals surface area (Å²) in [7, 11) is 1.61. The number of piperidine rings is 1. The zero-order chi connectivity index (χ0) is 18.4. The number of hydrogen-bond acceptors (Lipinski definition) is 7. The molecule has 1 unspecified atom stereocenters. The first-order valence-corrected chi connectivity index (χ1v) is 8.59. The number of ether oxygens (including phenoxy) is 2. The third kappa shape index (κ3) is 4.69. The molecule has 2 aromatic rings. The van der Waals surface area contributed by atoms with E-state index in [1.54, 1.807) is 37.3 Å². The lowest BCUT2D eigenvalue weighted by atomic mass is 9.98. The van der Waals surface area contributed by atoms with E-state index in [0.29, 0.717) is 49.6 Å². The maximum absolute atomic E-state index is 12.5. The number of carbonyl (C=O) groups is 1. The Kier molecular flexibility index (Phi) is 6.00. The fraction of sp³-hybridized carbons (Fsp3) is 0.529. The van der Waals surface area contributed by atoms with Crippen LogP contribution in [-0.4, -0.2) is 59.5 Å². The van der Waals surface area contributed by atoms with Crippen molar-refractivity contribution in [1.82, 2.24) is 20.0 Å². The van der Waals surface area contributed by atoms with Gasteiger partial charge in [-0.25, -0.2) is 9.78 Å². The summed E-state index contributed by atoms with van der Waals surface area (Å²) in [5.41, 5.74) is 0.616. The van der Waals surface area contributed by atoms with Gasteiger partial charge in [0.25, 0.3) is 0 Å². The van der Waals surface area contributed by atoms with Crippen LogP contribution in [0.15, 0.2) is 22.9 Å². The number of nitrogens with one attached hydrogen (secondary N) is 1. The summed E-state index contributed by atoms with van der Waals surface area (Å²) in [5, 5.41) is 6.69. The fourth-order valence-corrected chi connectivity index (χ4v) is 2.81. The van der Waals surface area contributed by atoms with E-state index in [-0.39, 0.29) is 11.9 Å². The van der Waals surface area contributed by atoms with Crippen molar-refractivity contribution in [2.24, 2.45) is 0 Å². The second-order valence-electron chi connectivity index (χ2n) is 6.12. The molecule has 1 aliphatic heterocycles. The molecule has 0 bridgehead atoms. The zero-order valence-electron chi connectivity index (χ0n) is 15.0. The number of pyridine rings is 1. The van der Waals surface area contributed by atoms with Crippen molar-refractivity contribution in [3.05, 3.63) is 30.0 Å². The molecule has 2 aromatic heterocycles. The van der Waals surface area contributed by atoms with Crippen molar-refractivity contribution in [3.63, 3.8) is 0 Å². The molecule has 26 heavy (non-hydrogen) atoms. The fourth-order valence-electron chi connectivity index (χ4n) is 2.81. The Morgan fingerprint density at radius 3 is 3.00 bits per heavy atom. The second kappa shape index (κ2) is 8.61. The predicted octanol–water partition coefficient (Wildman–Crippen LogP) is 2.21. The van der Waals surface area contributed by atoms with Gasteiger partial charge in [0.05, 0.1) is 24.4 Å². The molecule has 1 N–H and O–H groups in total. The third-order valence-corrected chi connectivity index (χ3v) is 4.13. The summed E-state index contributed by atoms with van der Waals surface area (Å²) in [5.74, 6) is 1.77. The molecule has 0 radical (unpaired) electrons. The van der Waals surface area contributed by atoms with E-state index >= 15 is 0 Å². The van der Waals surface area contributed by atoms with Gasteiger partial charge >= 0.3 is 6.03 Å². The van der Waals surface area contributed by atoms with Crippen LogP contribution in [0.1, 0.15) is 30.5 Å². The first kappa shape index (κ1) is 18.1. The number of carbonyl (C=O) groups excluding carboxylic acids is 1. The molecule has 3 rings (SSSR count). The van der Waals surface area contributed by atoms with Crippen molar-refractivity contribution >= 4 is 11.7 Å². The maximum Gasteiger partial charge on any atom is 0.321 e. The number of urea groups is 1. The van der Waals surface area contributed by atoms with Gasteiger partial charge in [-0.3, -0.25) is 0 Å². The van der Waals surface area contributed by atoms with Gasteiger partial charge in [-0.15, -0.1) is 0 Å². The highest BCUT2D eigenvalue weighted by Gasteiger charge is 2.28. The zero-order valence-corrected chi connectivity index (χ0v) is 15.0. The topological polar surface area (TPSA) is 103 Å². The van der Waals surface area contributed by atoms with Gasteiger partial charge < -0.3 is 24.2 Å². The first-order chi connectivity index (χ1) is 12.7. The minimum atomic E-state index is -0.166. The molecule has 0 aliphatic carbocycles. The highest BCUT2D eigenvalue weighted by Crippen LogP contribution is 2.26. The van der Waals surface area contributed by atoms with Gasteiger partial charge in [0.2, 0.25) is 11.8 Å². The van der Waals surface area contributed by atoms with Crippen LogP contribution >= 0.6 is 0 Å². The van der Waals surface area contributed by atoms with E-state index in [0.717, 1.165) is 12.8 Å². The molecule has 9 nitrogen and oxygen atoms in total. The lowest BCUT2D eigenvalue weighted by Gasteiger charge is -2.31. The number of amides is 2. The van der Waals surface area contributed by atoms with Crippen LogP contribution in [0.3, 0.4) is 0 Å². The minimum absolute atomic E-state index is 0.0744. The molecule has 0 saturated carbocycles. The molecule has 1 atom stereocenters. The quantitative estimate of drug-likeness (QED) is 0.787. The van der Waals surface area contributed by atoms with Crippen molar-refractivity contribution in [2.45, 2.75) is 25.7 Å². The molecular weight excluding hydrogens is 338 g/mol. The van der Waals surface area contributed by atoms with Gasteiger partial charge in [-0.1, -0.05) is 5.16 Å². The summed E-state index contributed by atoms with van der Waals surface area (Å²) < 4.78 is 15.6. The lowest BCUT2D eigenvalue weighted by Crippen LogP contribution is -2.41. The molecule has 1 aliphatic rings. The average molecular weight is 361 g/mol. The van der Waals surface area contributed by atoms with Crippen molar-refractivity contribution in [2.75, 3.05) is 38.7 Å². The van der Waals surface area contributed by atoms with Gasteiger partial charge in [0.1, 0.15) is 6.61 Å². The summed E-state index contributed by atoms with van der Waals surface area (Å²) in [4.78, 5) is 22.7. The SMILES string of the molecule is COCCOc1ccc(NC(=O)N2CCCC(c3nc(C)no3)C2)cn1. The van der Waals surface area contributed by atoms with Crippen molar-refractivity contribution in [1.29, 1.82) is 0 Å². The van der Waals surface area contributed by atoms with Gasteiger partial charge in [-0.2, -0.15) is 4.98 Å². The Morgan fingerprint density at radius 1 is 1.42 bits per heavy atom. The molecule has 3 heterocycles. The van der Waals surface area contributed by atoms with E-state index in [1.165, 1.54) is 0 Å². The summed E-state index contributed by atoms with van der Waals surface area (Å²) in [6, 6.07) is 3.31. The number of aromatic nitrogens is 3. The van der Waals surface area contributed by atoms with E-state index < -0.39 is 0 Å². The Balaban J connectivity index is 1.54. The molecule has 0 spiro atoms. The number of hydrogen-bond donors (Lipinski definition) is 1. The van der Waals surface area contributed by atoms with Crippen LogP contribution in [0.5, 0.6) is 5.88 Å². The normalized spacial score (nSPS) is 17.2. The van der Waals surface area contributed by atoms with Crippen LogP contribution < -0.4 is 10.1 Å². The lowest BCUT2D eigenvalue weighted by molar-refractivity contribution is 0.144. The molecule has 1 saturated heterocycles. The number of rotatable bonds is 6. The molecule has 1 fully saturated rings. The summed E-state index contributed by atoms with van der Waals surface area (Å²) in [6.07, 6.45) is 3.40. The summed E-state index contributed by atoms with van der Waals surface area (Å²) in [6.45, 7) is 3.96. The molecular formula is C17H23N5O4. The van der Waals surface area contributed by atoms with Crippen molar-refractivity contribution < 1.29 is 18.8 Å².